The van der Waals surface area contributed by atoms with E-state index in [4.69, 9.17) is 28.4 Å². The van der Waals surface area contributed by atoms with E-state index in [9.17, 15) is 0 Å². The van der Waals surface area contributed by atoms with Crippen LogP contribution in [-0.4, -0.2) is 156 Å². The largest absolute Gasteiger partial charge is 0.424 e. The van der Waals surface area contributed by atoms with Gasteiger partial charge in [0.25, 0.3) is 0 Å². The molecular weight excluding hydrogens is 1740 g/mol. The molecule has 18 aromatic rings. The van der Waals surface area contributed by atoms with Gasteiger partial charge in [-0.1, -0.05) is 225 Å². The van der Waals surface area contributed by atoms with Crippen LogP contribution in [-0.2, 0) is 0 Å². The Bertz CT molecular complexity index is 5730. The molecule has 0 aliphatic heterocycles. The second-order valence-electron chi connectivity index (χ2n) is 35.1. The quantitative estimate of drug-likeness (QED) is 0.0267. The van der Waals surface area contributed by atoms with Crippen LogP contribution in [0.25, 0.3) is 67.0 Å². The molecule has 6 aliphatic rings. The van der Waals surface area contributed by atoms with E-state index in [0.29, 0.717) is 141 Å². The molecule has 12 N–H and O–H groups in total. The molecule has 0 amide bonds. The summed E-state index contributed by atoms with van der Waals surface area (Å²) >= 11 is 0. The van der Waals surface area contributed by atoms with Gasteiger partial charge in [-0.3, -0.25) is 0 Å². The average Bonchev–Trinajstić information content (AvgIpc) is 1.54. The Hall–Kier alpha value is -15.8. The first-order valence-corrected chi connectivity index (χ1v) is 48.5. The molecule has 0 bridgehead atoms. The Morgan fingerprint density at radius 3 is 0.449 bits per heavy atom. The van der Waals surface area contributed by atoms with Gasteiger partial charge in [0.05, 0.1) is 38.0 Å². The maximum atomic E-state index is 5.77. The van der Waals surface area contributed by atoms with Crippen LogP contribution in [0.15, 0.2) is 220 Å². The van der Waals surface area contributed by atoms with E-state index < -0.39 is 0 Å². The fourth-order valence-electron chi connectivity index (χ4n) is 18.0. The van der Waals surface area contributed by atoms with Gasteiger partial charge >= 0.3 is 36.1 Å². The molecule has 6 saturated carbocycles. The summed E-state index contributed by atoms with van der Waals surface area (Å²) in [5.74, 6) is 8.90. The number of aromatic amines is 6. The van der Waals surface area contributed by atoms with Crippen LogP contribution in [0.4, 0.5) is 34.9 Å². The van der Waals surface area contributed by atoms with Crippen molar-refractivity contribution in [3.63, 3.8) is 0 Å². The van der Waals surface area contributed by atoms with Crippen LogP contribution in [0.3, 0.4) is 0 Å². The van der Waals surface area contributed by atoms with Crippen LogP contribution >= 0.6 is 0 Å². The van der Waals surface area contributed by atoms with E-state index in [-0.39, 0.29) is 0 Å². The number of imidazole rings is 6. The fraction of sp³-hybridized carbons (Fsp3) is 0.353. The zero-order valence-corrected chi connectivity index (χ0v) is 77.0. The van der Waals surface area contributed by atoms with Crippen molar-refractivity contribution >= 4 is 102 Å². The van der Waals surface area contributed by atoms with E-state index in [1.165, 1.54) is 193 Å². The van der Waals surface area contributed by atoms with Crippen molar-refractivity contribution in [3.05, 3.63) is 220 Å². The minimum atomic E-state index is 0.314. The Balaban J connectivity index is 0.000000106. The average molecular weight is 1860 g/mol. The Labute approximate surface area is 796 Å². The Kier molecular flexibility index (Phi) is 30.7. The first-order valence-electron chi connectivity index (χ1n) is 48.5. The summed E-state index contributed by atoms with van der Waals surface area (Å²) in [6.45, 7) is 0. The molecule has 0 atom stereocenters. The molecule has 0 spiro atoms. The molecule has 708 valence electrons. The third-order valence-corrected chi connectivity index (χ3v) is 25.0. The maximum Gasteiger partial charge on any atom is 0.326 e. The van der Waals surface area contributed by atoms with Crippen molar-refractivity contribution in [3.8, 4) is 70.6 Å². The number of nitrogens with zero attached hydrogens (tertiary/aromatic N) is 18. The predicted molar refractivity (Wildman–Crippen MR) is 532 cm³/mol. The SMILES string of the molecule is c1ccc(Oc2nc(NC3CCCCC3)c3[nH]cnc3n2)cc1.c1ccc(Oc2nc(NC3CCCCC3)c3[nH]cnc3n2)cc1.c1ccc(Oc2nc(NC3CCCCC3)c3[nH]cnc3n2)cc1.c1ccc(Oc2nc(NC3CCCCC3)c3[nH]cnc3n2)cc1.c1ccc(Oc2nc(NC3CCCCC3)c3[nH]cnc3n2)cc1.c1ccc(Oc2nc(NC3CCCCC3)c3[nH]cnc3n2)cc1. The molecule has 138 heavy (non-hydrogen) atoms. The first kappa shape index (κ1) is 91.3. The standard InChI is InChI=1S/6C17H19N5O/c6*1-3-7-12(8-4-1)20-16-14-15(19-11-18-14)21-17(22-16)23-13-9-5-2-6-10-13/h6*2,5-6,9-12H,1,3-4,7-8H2,(H2,18,19,20,21,22). The monoisotopic (exact) mass is 1850 g/mol. The molecule has 0 unspecified atom stereocenters. The summed E-state index contributed by atoms with van der Waals surface area (Å²) in [6.07, 6.45) is 47.1. The third kappa shape index (κ3) is 25.2. The molecule has 36 nitrogen and oxygen atoms in total. The number of fused-ring (bicyclic) bond motifs is 6. The lowest BCUT2D eigenvalue weighted by Crippen LogP contribution is -2.23. The van der Waals surface area contributed by atoms with E-state index in [1.807, 2.05) is 182 Å². The number of nitrogens with one attached hydrogen (secondary N) is 12. The number of H-pyrrole nitrogens is 6. The highest BCUT2D eigenvalue weighted by atomic mass is 16.5. The molecule has 0 saturated heterocycles. The van der Waals surface area contributed by atoms with Gasteiger partial charge in [-0.05, 0) is 150 Å². The first-order chi connectivity index (χ1) is 68.3. The van der Waals surface area contributed by atoms with Crippen LogP contribution in [0.2, 0.25) is 0 Å². The van der Waals surface area contributed by atoms with E-state index in [2.05, 4.69) is 152 Å². The van der Waals surface area contributed by atoms with Crippen LogP contribution in [0.5, 0.6) is 70.6 Å². The van der Waals surface area contributed by atoms with Gasteiger partial charge in [0, 0.05) is 36.3 Å². The number of anilines is 6. The van der Waals surface area contributed by atoms with Crippen molar-refractivity contribution in [1.82, 2.24) is 120 Å². The molecule has 6 fully saturated rings. The second-order valence-corrected chi connectivity index (χ2v) is 35.1. The zero-order valence-electron chi connectivity index (χ0n) is 77.0. The number of ether oxygens (including phenoxy) is 6. The molecule has 36 heteroatoms. The Morgan fingerprint density at radius 2 is 0.312 bits per heavy atom. The zero-order chi connectivity index (χ0) is 92.9. The highest BCUT2D eigenvalue weighted by molar-refractivity contribution is 5.87. The van der Waals surface area contributed by atoms with Crippen LogP contribution < -0.4 is 60.3 Å². The number of para-hydroxylation sites is 6. The molecule has 24 rings (SSSR count). The lowest BCUT2D eigenvalue weighted by atomic mass is 9.95. The second kappa shape index (κ2) is 46.4. The fourth-order valence-corrected chi connectivity index (χ4v) is 18.0. The van der Waals surface area contributed by atoms with Crippen molar-refractivity contribution in [1.29, 1.82) is 0 Å². The van der Waals surface area contributed by atoms with Gasteiger partial charge in [-0.15, -0.1) is 0 Å². The summed E-state index contributed by atoms with van der Waals surface area (Å²) in [4.78, 5) is 97.7. The van der Waals surface area contributed by atoms with Crippen LogP contribution in [0, 0.1) is 0 Å². The maximum absolute atomic E-state index is 5.77. The van der Waals surface area contributed by atoms with Crippen molar-refractivity contribution < 1.29 is 28.4 Å². The summed E-state index contributed by atoms with van der Waals surface area (Å²) in [7, 11) is 0. The Morgan fingerprint density at radius 1 is 0.174 bits per heavy atom. The number of hydrogen-bond acceptors (Lipinski definition) is 30. The highest BCUT2D eigenvalue weighted by Crippen LogP contribution is 2.36. The number of aromatic nitrogens is 24. The molecule has 6 aromatic carbocycles. The summed E-state index contributed by atoms with van der Waals surface area (Å²) in [5.41, 5.74) is 8.67. The highest BCUT2D eigenvalue weighted by Gasteiger charge is 2.26. The number of rotatable bonds is 24. The predicted octanol–water partition coefficient (Wildman–Crippen LogP) is 23.3. The van der Waals surface area contributed by atoms with Crippen molar-refractivity contribution in [2.75, 3.05) is 31.9 Å². The van der Waals surface area contributed by atoms with Gasteiger partial charge < -0.3 is 90.2 Å². The molecule has 12 aromatic heterocycles. The van der Waals surface area contributed by atoms with Gasteiger partial charge in [0.2, 0.25) is 0 Å². The number of benzene rings is 6. The van der Waals surface area contributed by atoms with Gasteiger partial charge in [0.1, 0.15) is 67.6 Å². The van der Waals surface area contributed by atoms with Crippen LogP contribution in [0.1, 0.15) is 193 Å². The topological polar surface area (TPSA) is 454 Å². The third-order valence-electron chi connectivity index (χ3n) is 25.0. The van der Waals surface area contributed by atoms with Crippen molar-refractivity contribution in [2.45, 2.75) is 229 Å². The normalized spacial score (nSPS) is 15.7. The van der Waals surface area contributed by atoms with E-state index >= 15 is 0 Å². The molecule has 6 aliphatic carbocycles. The summed E-state index contributed by atoms with van der Waals surface area (Å²) < 4.78 is 34.6. The van der Waals surface area contributed by atoms with Crippen molar-refractivity contribution in [2.24, 2.45) is 0 Å². The lowest BCUT2D eigenvalue weighted by Gasteiger charge is -2.23. The van der Waals surface area contributed by atoms with Gasteiger partial charge in [0.15, 0.2) is 68.8 Å². The van der Waals surface area contributed by atoms with E-state index in [0.717, 1.165) is 68.0 Å². The lowest BCUT2D eigenvalue weighted by molar-refractivity contribution is 0.441. The number of hydrogen-bond donors (Lipinski definition) is 12. The van der Waals surface area contributed by atoms with Gasteiger partial charge in [-0.25, -0.2) is 29.9 Å². The minimum absolute atomic E-state index is 0.314. The van der Waals surface area contributed by atoms with Gasteiger partial charge in [-0.2, -0.15) is 59.8 Å². The smallest absolute Gasteiger partial charge is 0.326 e. The molecular formula is C102H114N30O6. The summed E-state index contributed by atoms with van der Waals surface area (Å²) in [6, 6.07) is 61.9. The molecule has 0 radical (unpaired) electrons. The summed E-state index contributed by atoms with van der Waals surface area (Å²) in [5, 5.41) is 21.2. The van der Waals surface area contributed by atoms with E-state index in [1.54, 1.807) is 38.0 Å². The minimum Gasteiger partial charge on any atom is -0.424 e. The molecule has 12 heterocycles.